The van der Waals surface area contributed by atoms with Gasteiger partial charge in [-0.3, -0.25) is 9.97 Å². The molecule has 0 saturated heterocycles. The van der Waals surface area contributed by atoms with Crippen molar-refractivity contribution >= 4 is 21.8 Å². The molecule has 0 aliphatic rings. The van der Waals surface area contributed by atoms with E-state index in [4.69, 9.17) is 0 Å². The molecule has 0 N–H and O–H groups in total. The van der Waals surface area contributed by atoms with Crippen molar-refractivity contribution in [3.05, 3.63) is 61.6 Å². The van der Waals surface area contributed by atoms with Crippen molar-refractivity contribution in [2.75, 3.05) is 0 Å². The third-order valence-corrected chi connectivity index (χ3v) is 3.43. The van der Waals surface area contributed by atoms with Gasteiger partial charge in [-0.1, -0.05) is 12.1 Å². The van der Waals surface area contributed by atoms with Crippen LogP contribution in [-0.4, -0.2) is 9.97 Å². The summed E-state index contributed by atoms with van der Waals surface area (Å²) < 4.78 is 0. The molecule has 21 heavy (non-hydrogen) atoms. The molecule has 0 aliphatic carbocycles. The van der Waals surface area contributed by atoms with Crippen LogP contribution in [0.1, 0.15) is 22.5 Å². The van der Waals surface area contributed by atoms with Gasteiger partial charge in [-0.2, -0.15) is 0 Å². The van der Waals surface area contributed by atoms with E-state index in [1.807, 2.05) is 13.8 Å². The Labute approximate surface area is 137 Å². The van der Waals surface area contributed by atoms with Crippen LogP contribution < -0.4 is 0 Å². The summed E-state index contributed by atoms with van der Waals surface area (Å²) in [5.74, 6) is 0. The van der Waals surface area contributed by atoms with E-state index in [1.165, 1.54) is 21.9 Å². The Morgan fingerprint density at radius 2 is 1.00 bits per heavy atom. The summed E-state index contributed by atoms with van der Waals surface area (Å²) in [5.41, 5.74) is 6.68. The van der Waals surface area contributed by atoms with Crippen LogP contribution in [0.2, 0.25) is 0 Å². The van der Waals surface area contributed by atoms with Gasteiger partial charge in [-0.15, -0.1) is 0 Å². The van der Waals surface area contributed by atoms with Crippen LogP contribution in [0.4, 0.5) is 0 Å². The maximum absolute atomic E-state index is 4.68. The number of hydrogen-bond donors (Lipinski definition) is 0. The molecule has 2 heterocycles. The maximum Gasteiger partial charge on any atom is 2.00 e. The first kappa shape index (κ1) is 19.5. The molecule has 3 aromatic rings. The molecule has 0 aliphatic heterocycles. The summed E-state index contributed by atoms with van der Waals surface area (Å²) in [7, 11) is 0. The fourth-order valence-electron chi connectivity index (χ4n) is 2.64. The van der Waals surface area contributed by atoms with E-state index < -0.39 is 0 Å². The van der Waals surface area contributed by atoms with Crippen LogP contribution in [0.5, 0.6) is 0 Å². The first-order valence-corrected chi connectivity index (χ1v) is 6.21. The van der Waals surface area contributed by atoms with Gasteiger partial charge in [0, 0.05) is 22.2 Å². The van der Waals surface area contributed by atoms with E-state index in [2.05, 4.69) is 48.1 Å². The van der Waals surface area contributed by atoms with Gasteiger partial charge >= 0.3 is 16.5 Å². The fourth-order valence-corrected chi connectivity index (χ4v) is 2.64. The second kappa shape index (κ2) is 7.00. The molecule has 0 spiro atoms. The van der Waals surface area contributed by atoms with Crippen LogP contribution in [0.25, 0.3) is 21.8 Å². The predicted octanol–water partition coefficient (Wildman–Crippen LogP) is 4.91. The summed E-state index contributed by atoms with van der Waals surface area (Å²) in [5, 5.41) is 2.40. The van der Waals surface area contributed by atoms with E-state index >= 15 is 0 Å². The molecule has 0 amide bonds. The summed E-state index contributed by atoms with van der Waals surface area (Å²) in [6.07, 6.45) is 0. The normalized spacial score (nSPS) is 9.71. The largest absolute Gasteiger partial charge is 2.00 e. The van der Waals surface area contributed by atoms with Gasteiger partial charge in [0.2, 0.25) is 0 Å². The Morgan fingerprint density at radius 1 is 0.667 bits per heavy atom. The molecular weight excluding hydrogens is 303 g/mol. The molecule has 114 valence electrons. The van der Waals surface area contributed by atoms with Crippen molar-refractivity contribution in [2.45, 2.75) is 27.7 Å². The number of fused-ring (bicyclic) bond motifs is 3. The summed E-state index contributed by atoms with van der Waals surface area (Å²) in [6, 6.07) is 8.56. The fraction of sp³-hybridized carbons (Fsp3) is 0.222. The zero-order valence-corrected chi connectivity index (χ0v) is 14.5. The quantitative estimate of drug-likeness (QED) is 0.333. The minimum Gasteiger partial charge on any atom is -0.358 e. The van der Waals surface area contributed by atoms with Gasteiger partial charge in [-0.05, 0) is 51.0 Å². The van der Waals surface area contributed by atoms with Crippen LogP contribution in [0.15, 0.2) is 24.3 Å². The average molecular weight is 325 g/mol. The van der Waals surface area contributed by atoms with Crippen molar-refractivity contribution in [1.29, 1.82) is 0 Å². The van der Waals surface area contributed by atoms with E-state index in [-0.39, 0.29) is 31.3 Å². The minimum atomic E-state index is 0. The summed E-state index contributed by atoms with van der Waals surface area (Å²) in [4.78, 5) is 9.37. The molecule has 2 nitrogen and oxygen atoms in total. The van der Waals surface area contributed by atoms with E-state index in [0.29, 0.717) is 0 Å². The number of aryl methyl sites for hydroxylation is 4. The SMILES string of the molecule is Cc1cc(C)c2ccc3c(C)cc(C)nc3c2n1.[CH3-].[CH3-].[Ni+2]. The predicted molar refractivity (Wildman–Crippen MR) is 88.8 cm³/mol. The van der Waals surface area contributed by atoms with Crippen LogP contribution >= 0.6 is 0 Å². The Hall–Kier alpha value is -1.47. The number of benzene rings is 1. The summed E-state index contributed by atoms with van der Waals surface area (Å²) >= 11 is 0. The number of nitrogens with zero attached hydrogens (tertiary/aromatic N) is 2. The Balaban J connectivity index is 0.00000133. The van der Waals surface area contributed by atoms with E-state index in [1.54, 1.807) is 0 Å². The molecule has 0 fully saturated rings. The van der Waals surface area contributed by atoms with E-state index in [0.717, 1.165) is 22.4 Å². The van der Waals surface area contributed by atoms with Crippen molar-refractivity contribution in [3.63, 3.8) is 0 Å². The standard InChI is InChI=1S/C16H16N2.2CH3.Ni/c1-9-7-11(3)17-15-13(9)5-6-14-10(2)8-12(4)18-16(14)15;;;/h5-8H,1-4H3;2*1H3;/q;2*-1;+2. The monoisotopic (exact) mass is 324 g/mol. The van der Waals surface area contributed by atoms with E-state index in [9.17, 15) is 0 Å². The molecular formula is C18H22N2Ni. The minimum absolute atomic E-state index is 0. The first-order valence-electron chi connectivity index (χ1n) is 6.21. The van der Waals surface area contributed by atoms with Gasteiger partial charge < -0.3 is 14.9 Å². The molecule has 1 aromatic carbocycles. The van der Waals surface area contributed by atoms with Crippen LogP contribution in [0.3, 0.4) is 0 Å². The maximum atomic E-state index is 4.68. The smallest absolute Gasteiger partial charge is 0.358 e. The molecule has 2 aromatic heterocycles. The number of rotatable bonds is 0. The Morgan fingerprint density at radius 3 is 1.33 bits per heavy atom. The Kier molecular flexibility index (Phi) is 6.51. The zero-order chi connectivity index (χ0) is 12.9. The second-order valence-corrected chi connectivity index (χ2v) is 5.02. The van der Waals surface area contributed by atoms with Gasteiger partial charge in [0.05, 0.1) is 11.0 Å². The Bertz CT molecular complexity index is 712. The second-order valence-electron chi connectivity index (χ2n) is 5.02. The summed E-state index contributed by atoms with van der Waals surface area (Å²) in [6.45, 7) is 8.33. The number of hydrogen-bond acceptors (Lipinski definition) is 2. The molecule has 0 unspecified atom stereocenters. The van der Waals surface area contributed by atoms with Crippen LogP contribution in [0, 0.1) is 42.5 Å². The zero-order valence-electron chi connectivity index (χ0n) is 13.5. The van der Waals surface area contributed by atoms with Gasteiger partial charge in [0.15, 0.2) is 0 Å². The van der Waals surface area contributed by atoms with Gasteiger partial charge in [0.1, 0.15) is 0 Å². The molecule has 0 saturated carbocycles. The van der Waals surface area contributed by atoms with Crippen molar-refractivity contribution in [2.24, 2.45) is 0 Å². The number of aromatic nitrogens is 2. The topological polar surface area (TPSA) is 25.8 Å². The van der Waals surface area contributed by atoms with Gasteiger partial charge in [-0.25, -0.2) is 0 Å². The van der Waals surface area contributed by atoms with Gasteiger partial charge in [0.25, 0.3) is 0 Å². The molecule has 0 bridgehead atoms. The number of pyridine rings is 2. The van der Waals surface area contributed by atoms with Crippen LogP contribution in [-0.2, 0) is 16.5 Å². The third kappa shape index (κ3) is 3.24. The van der Waals surface area contributed by atoms with Crippen molar-refractivity contribution in [3.8, 4) is 0 Å². The molecule has 0 atom stereocenters. The average Bonchev–Trinajstić information content (AvgIpc) is 2.28. The molecule has 3 heteroatoms. The molecule has 3 rings (SSSR count). The van der Waals surface area contributed by atoms with Crippen molar-refractivity contribution in [1.82, 2.24) is 9.97 Å². The third-order valence-electron chi connectivity index (χ3n) is 3.43. The molecule has 0 radical (unpaired) electrons. The first-order chi connectivity index (χ1) is 8.56. The van der Waals surface area contributed by atoms with Crippen molar-refractivity contribution < 1.29 is 16.5 Å².